The van der Waals surface area contributed by atoms with Crippen molar-refractivity contribution >= 4 is 0 Å². The zero-order chi connectivity index (χ0) is 11.4. The van der Waals surface area contributed by atoms with Crippen LogP contribution >= 0.6 is 0 Å². The molecule has 0 aromatic heterocycles. The van der Waals surface area contributed by atoms with Crippen molar-refractivity contribution in [1.82, 2.24) is 0 Å². The van der Waals surface area contributed by atoms with Gasteiger partial charge in [0.05, 0.1) is 7.11 Å². The lowest BCUT2D eigenvalue weighted by atomic mass is 9.91. The van der Waals surface area contributed by atoms with Crippen molar-refractivity contribution in [3.63, 3.8) is 0 Å². The third kappa shape index (κ3) is 2.64. The van der Waals surface area contributed by atoms with E-state index >= 15 is 0 Å². The SMILES string of the molecule is COc1ccccc1CC1=CC(N)CCC1. The quantitative estimate of drug-likeness (QED) is 0.790. The molecule has 86 valence electrons. The summed E-state index contributed by atoms with van der Waals surface area (Å²) >= 11 is 0. The molecule has 2 heteroatoms. The molecule has 0 bridgehead atoms. The molecule has 1 aromatic rings. The fraction of sp³-hybridized carbons (Fsp3) is 0.429. The van der Waals surface area contributed by atoms with Crippen molar-refractivity contribution in [2.24, 2.45) is 5.73 Å². The number of rotatable bonds is 3. The molecule has 0 spiro atoms. The van der Waals surface area contributed by atoms with Gasteiger partial charge < -0.3 is 10.5 Å². The number of nitrogens with two attached hydrogens (primary N) is 1. The van der Waals surface area contributed by atoms with Gasteiger partial charge in [-0.25, -0.2) is 0 Å². The summed E-state index contributed by atoms with van der Waals surface area (Å²) < 4.78 is 5.36. The number of allylic oxidation sites excluding steroid dienone is 1. The number of methoxy groups -OCH3 is 1. The Labute approximate surface area is 97.1 Å². The largest absolute Gasteiger partial charge is 0.496 e. The predicted molar refractivity (Wildman–Crippen MR) is 66.6 cm³/mol. The van der Waals surface area contributed by atoms with Gasteiger partial charge in [-0.15, -0.1) is 0 Å². The second kappa shape index (κ2) is 5.17. The number of hydrogen-bond donors (Lipinski definition) is 1. The van der Waals surface area contributed by atoms with Gasteiger partial charge in [-0.2, -0.15) is 0 Å². The maximum Gasteiger partial charge on any atom is 0.122 e. The van der Waals surface area contributed by atoms with E-state index < -0.39 is 0 Å². The van der Waals surface area contributed by atoms with Gasteiger partial charge in [-0.05, 0) is 37.3 Å². The Hall–Kier alpha value is -1.28. The lowest BCUT2D eigenvalue weighted by Gasteiger charge is -2.18. The van der Waals surface area contributed by atoms with Crippen LogP contribution in [0.1, 0.15) is 24.8 Å². The fourth-order valence-electron chi connectivity index (χ4n) is 2.28. The maximum atomic E-state index is 5.94. The lowest BCUT2D eigenvalue weighted by molar-refractivity contribution is 0.410. The van der Waals surface area contributed by atoms with Crippen molar-refractivity contribution in [3.8, 4) is 5.75 Å². The van der Waals surface area contributed by atoms with Crippen LogP contribution in [0.2, 0.25) is 0 Å². The third-order valence-electron chi connectivity index (χ3n) is 3.10. The molecule has 0 aliphatic heterocycles. The number of benzene rings is 1. The molecule has 2 rings (SSSR count). The molecule has 0 saturated carbocycles. The van der Waals surface area contributed by atoms with Crippen LogP contribution in [-0.4, -0.2) is 13.2 Å². The smallest absolute Gasteiger partial charge is 0.122 e. The highest BCUT2D eigenvalue weighted by Gasteiger charge is 2.11. The number of hydrogen-bond acceptors (Lipinski definition) is 2. The first-order valence-electron chi connectivity index (χ1n) is 5.86. The van der Waals surface area contributed by atoms with Crippen molar-refractivity contribution < 1.29 is 4.74 Å². The van der Waals surface area contributed by atoms with Crippen LogP contribution in [0.3, 0.4) is 0 Å². The van der Waals surface area contributed by atoms with E-state index in [1.807, 2.05) is 12.1 Å². The Kier molecular flexibility index (Phi) is 3.62. The molecule has 1 aromatic carbocycles. The van der Waals surface area contributed by atoms with Gasteiger partial charge in [-0.1, -0.05) is 29.8 Å². The molecule has 2 nitrogen and oxygen atoms in total. The van der Waals surface area contributed by atoms with Crippen LogP contribution in [0.25, 0.3) is 0 Å². The summed E-state index contributed by atoms with van der Waals surface area (Å²) in [5.41, 5.74) is 8.64. The standard InChI is InChI=1S/C14H19NO/c1-16-14-8-3-2-6-12(14)9-11-5-4-7-13(15)10-11/h2-3,6,8,10,13H,4-5,7,9,15H2,1H3. The minimum atomic E-state index is 0.249. The average Bonchev–Trinajstić information content (AvgIpc) is 2.30. The minimum Gasteiger partial charge on any atom is -0.496 e. The fourth-order valence-corrected chi connectivity index (χ4v) is 2.28. The van der Waals surface area contributed by atoms with E-state index in [9.17, 15) is 0 Å². The molecular weight excluding hydrogens is 198 g/mol. The molecule has 1 atom stereocenters. The molecule has 16 heavy (non-hydrogen) atoms. The minimum absolute atomic E-state index is 0.249. The Morgan fingerprint density at radius 2 is 2.19 bits per heavy atom. The van der Waals surface area contributed by atoms with Crippen molar-refractivity contribution in [1.29, 1.82) is 0 Å². The Balaban J connectivity index is 2.14. The van der Waals surface area contributed by atoms with Crippen LogP contribution in [0.5, 0.6) is 5.75 Å². The van der Waals surface area contributed by atoms with E-state index in [-0.39, 0.29) is 6.04 Å². The van der Waals surface area contributed by atoms with Crippen LogP contribution in [0.15, 0.2) is 35.9 Å². The highest BCUT2D eigenvalue weighted by Crippen LogP contribution is 2.25. The first-order chi connectivity index (χ1) is 7.79. The van der Waals surface area contributed by atoms with Crippen LogP contribution in [-0.2, 0) is 6.42 Å². The highest BCUT2D eigenvalue weighted by molar-refractivity contribution is 5.36. The zero-order valence-corrected chi connectivity index (χ0v) is 9.78. The van der Waals surface area contributed by atoms with E-state index in [0.29, 0.717) is 0 Å². The van der Waals surface area contributed by atoms with E-state index in [0.717, 1.165) is 18.6 Å². The summed E-state index contributed by atoms with van der Waals surface area (Å²) in [5.74, 6) is 0.975. The van der Waals surface area contributed by atoms with Crippen molar-refractivity contribution in [2.75, 3.05) is 7.11 Å². The first kappa shape index (κ1) is 11.2. The average molecular weight is 217 g/mol. The van der Waals surface area contributed by atoms with E-state index in [2.05, 4.69) is 18.2 Å². The van der Waals surface area contributed by atoms with Gasteiger partial charge >= 0.3 is 0 Å². The topological polar surface area (TPSA) is 35.2 Å². The molecule has 2 N–H and O–H groups in total. The molecule has 1 aliphatic carbocycles. The van der Waals surface area contributed by atoms with Gasteiger partial charge in [0, 0.05) is 6.04 Å². The summed E-state index contributed by atoms with van der Waals surface area (Å²) in [6, 6.07) is 8.45. The second-order valence-electron chi connectivity index (χ2n) is 4.37. The molecule has 0 radical (unpaired) electrons. The Morgan fingerprint density at radius 3 is 2.94 bits per heavy atom. The Morgan fingerprint density at radius 1 is 1.38 bits per heavy atom. The highest BCUT2D eigenvalue weighted by atomic mass is 16.5. The lowest BCUT2D eigenvalue weighted by Crippen LogP contribution is -2.20. The van der Waals surface area contributed by atoms with Gasteiger partial charge in [0.25, 0.3) is 0 Å². The molecule has 0 heterocycles. The van der Waals surface area contributed by atoms with Crippen molar-refractivity contribution in [3.05, 3.63) is 41.5 Å². The van der Waals surface area contributed by atoms with Crippen LogP contribution in [0, 0.1) is 0 Å². The van der Waals surface area contributed by atoms with Gasteiger partial charge in [-0.3, -0.25) is 0 Å². The predicted octanol–water partition coefficient (Wildman–Crippen LogP) is 2.68. The number of ether oxygens (including phenoxy) is 1. The first-order valence-corrected chi connectivity index (χ1v) is 5.86. The zero-order valence-electron chi connectivity index (χ0n) is 9.78. The van der Waals surface area contributed by atoms with E-state index in [1.54, 1.807) is 7.11 Å². The monoisotopic (exact) mass is 217 g/mol. The summed E-state index contributed by atoms with van der Waals surface area (Å²) in [4.78, 5) is 0. The van der Waals surface area contributed by atoms with Gasteiger partial charge in [0.1, 0.15) is 5.75 Å². The van der Waals surface area contributed by atoms with Crippen molar-refractivity contribution in [2.45, 2.75) is 31.7 Å². The van der Waals surface area contributed by atoms with E-state index in [4.69, 9.17) is 10.5 Å². The number of para-hydroxylation sites is 1. The normalized spacial score (nSPS) is 20.4. The molecule has 1 aliphatic rings. The summed E-state index contributed by atoms with van der Waals surface area (Å²) in [6.45, 7) is 0. The molecule has 0 fully saturated rings. The van der Waals surface area contributed by atoms with Crippen LogP contribution < -0.4 is 10.5 Å². The van der Waals surface area contributed by atoms with Crippen LogP contribution in [0.4, 0.5) is 0 Å². The molecule has 1 unspecified atom stereocenters. The van der Waals surface area contributed by atoms with E-state index in [1.165, 1.54) is 24.0 Å². The molecule has 0 saturated heterocycles. The van der Waals surface area contributed by atoms with Gasteiger partial charge in [0.2, 0.25) is 0 Å². The second-order valence-corrected chi connectivity index (χ2v) is 4.37. The maximum absolute atomic E-state index is 5.94. The summed E-state index contributed by atoms with van der Waals surface area (Å²) in [5, 5.41) is 0. The summed E-state index contributed by atoms with van der Waals surface area (Å²) in [6.07, 6.45) is 6.69. The third-order valence-corrected chi connectivity index (χ3v) is 3.10. The molecular formula is C14H19NO. The molecule has 0 amide bonds. The Bertz CT molecular complexity index is 384. The van der Waals surface area contributed by atoms with Gasteiger partial charge in [0.15, 0.2) is 0 Å². The summed E-state index contributed by atoms with van der Waals surface area (Å²) in [7, 11) is 1.72.